The van der Waals surface area contributed by atoms with Gasteiger partial charge in [-0.15, -0.1) is 0 Å². The van der Waals surface area contributed by atoms with E-state index in [2.05, 4.69) is 16.7 Å². The molecule has 0 spiro atoms. The van der Waals surface area contributed by atoms with Crippen molar-refractivity contribution < 1.29 is 24.1 Å². The van der Waals surface area contributed by atoms with Crippen molar-refractivity contribution in [1.82, 2.24) is 0 Å². The number of hydrogen-bond acceptors (Lipinski definition) is 5. The van der Waals surface area contributed by atoms with Crippen molar-refractivity contribution in [1.29, 1.82) is 0 Å². The summed E-state index contributed by atoms with van der Waals surface area (Å²) in [7, 11) is 0. The standard InChI is InChI=1S/C28H54O5/c1-3-5-7-8-9-10-11-12-13-14-15-16-17-18-19-20-21-22-23-24-25-31-27(29)28(30)33-32-26-6-4-2/h3-26H2,1-2H3. The summed E-state index contributed by atoms with van der Waals surface area (Å²) in [6.07, 6.45) is 28.3. The van der Waals surface area contributed by atoms with Crippen LogP contribution in [-0.2, 0) is 24.1 Å². The van der Waals surface area contributed by atoms with Crippen LogP contribution in [-0.4, -0.2) is 25.2 Å². The molecule has 5 nitrogen and oxygen atoms in total. The highest BCUT2D eigenvalue weighted by molar-refractivity contribution is 6.29. The van der Waals surface area contributed by atoms with Gasteiger partial charge in [-0.2, -0.15) is 4.89 Å². The lowest BCUT2D eigenvalue weighted by atomic mass is 10.0. The summed E-state index contributed by atoms with van der Waals surface area (Å²) in [5.74, 6) is -2.04. The van der Waals surface area contributed by atoms with Crippen molar-refractivity contribution in [3.63, 3.8) is 0 Å². The Kier molecular flexibility index (Phi) is 26.2. The normalized spacial score (nSPS) is 11.0. The second-order valence-corrected chi connectivity index (χ2v) is 9.40. The highest BCUT2D eigenvalue weighted by atomic mass is 17.2. The van der Waals surface area contributed by atoms with E-state index in [1.807, 2.05) is 6.92 Å². The molecule has 0 saturated carbocycles. The lowest BCUT2D eigenvalue weighted by Gasteiger charge is -2.05. The van der Waals surface area contributed by atoms with Crippen molar-refractivity contribution in [3.8, 4) is 0 Å². The highest BCUT2D eigenvalue weighted by Crippen LogP contribution is 2.14. The average Bonchev–Trinajstić information content (AvgIpc) is 2.82. The van der Waals surface area contributed by atoms with Gasteiger partial charge in [-0.05, 0) is 12.8 Å². The summed E-state index contributed by atoms with van der Waals surface area (Å²) in [6, 6.07) is 0. The summed E-state index contributed by atoms with van der Waals surface area (Å²) < 4.78 is 4.90. The van der Waals surface area contributed by atoms with Crippen LogP contribution in [0.2, 0.25) is 0 Å². The van der Waals surface area contributed by atoms with Gasteiger partial charge in [-0.1, -0.05) is 142 Å². The zero-order chi connectivity index (χ0) is 24.2. The average molecular weight is 471 g/mol. The molecular weight excluding hydrogens is 416 g/mol. The molecule has 0 atom stereocenters. The van der Waals surface area contributed by atoms with Gasteiger partial charge in [0, 0.05) is 0 Å². The largest absolute Gasteiger partial charge is 0.457 e. The second kappa shape index (κ2) is 27.1. The molecule has 0 radical (unpaired) electrons. The molecule has 0 bridgehead atoms. The van der Waals surface area contributed by atoms with E-state index in [1.165, 1.54) is 109 Å². The van der Waals surface area contributed by atoms with Crippen LogP contribution < -0.4 is 0 Å². The number of carbonyl (C=O) groups excluding carboxylic acids is 2. The first-order valence-electron chi connectivity index (χ1n) is 14.2. The molecule has 0 N–H and O–H groups in total. The minimum absolute atomic E-state index is 0.266. The van der Waals surface area contributed by atoms with Gasteiger partial charge in [-0.3, -0.25) is 4.89 Å². The number of hydrogen-bond donors (Lipinski definition) is 0. The van der Waals surface area contributed by atoms with Crippen LogP contribution in [0.3, 0.4) is 0 Å². The predicted molar refractivity (Wildman–Crippen MR) is 136 cm³/mol. The SMILES string of the molecule is CCCCCCCCCCCCCCCCCCCCCCOC(=O)C(=O)OOCCCC. The quantitative estimate of drug-likeness (QED) is 0.0439. The molecule has 0 aliphatic carbocycles. The Labute approximate surface area is 204 Å². The van der Waals surface area contributed by atoms with E-state index in [0.717, 1.165) is 32.1 Å². The Morgan fingerprint density at radius 3 is 1.18 bits per heavy atom. The van der Waals surface area contributed by atoms with Crippen LogP contribution in [0.4, 0.5) is 0 Å². The van der Waals surface area contributed by atoms with Gasteiger partial charge in [-0.25, -0.2) is 9.59 Å². The van der Waals surface area contributed by atoms with Crippen molar-refractivity contribution >= 4 is 11.9 Å². The van der Waals surface area contributed by atoms with Crippen LogP contribution in [0.25, 0.3) is 0 Å². The molecule has 0 aromatic rings. The summed E-state index contributed by atoms with van der Waals surface area (Å²) in [5, 5.41) is 0. The first kappa shape index (κ1) is 31.9. The lowest BCUT2D eigenvalue weighted by molar-refractivity contribution is -0.272. The van der Waals surface area contributed by atoms with Crippen LogP contribution in [0.5, 0.6) is 0 Å². The molecule has 5 heteroatoms. The Bertz CT molecular complexity index is 425. The minimum Gasteiger partial charge on any atom is -0.457 e. The molecule has 0 aliphatic heterocycles. The fraction of sp³-hybridized carbons (Fsp3) is 0.929. The van der Waals surface area contributed by atoms with E-state index < -0.39 is 11.9 Å². The van der Waals surface area contributed by atoms with E-state index >= 15 is 0 Å². The van der Waals surface area contributed by atoms with Crippen molar-refractivity contribution in [3.05, 3.63) is 0 Å². The first-order valence-corrected chi connectivity index (χ1v) is 14.2. The monoisotopic (exact) mass is 470 g/mol. The molecular formula is C28H54O5. The third kappa shape index (κ3) is 25.4. The van der Waals surface area contributed by atoms with E-state index in [4.69, 9.17) is 4.74 Å². The number of esters is 1. The first-order chi connectivity index (χ1) is 16.2. The fourth-order valence-corrected chi connectivity index (χ4v) is 3.91. The highest BCUT2D eigenvalue weighted by Gasteiger charge is 2.18. The van der Waals surface area contributed by atoms with Gasteiger partial charge in [0.1, 0.15) is 0 Å². The summed E-state index contributed by atoms with van der Waals surface area (Å²) >= 11 is 0. The molecule has 196 valence electrons. The van der Waals surface area contributed by atoms with E-state index in [-0.39, 0.29) is 6.61 Å². The Balaban J connectivity index is 3.18. The van der Waals surface area contributed by atoms with E-state index in [9.17, 15) is 9.59 Å². The van der Waals surface area contributed by atoms with Gasteiger partial charge < -0.3 is 4.74 Å². The third-order valence-electron chi connectivity index (χ3n) is 6.11. The van der Waals surface area contributed by atoms with Crippen LogP contribution in [0.1, 0.15) is 155 Å². The molecule has 0 aromatic heterocycles. The van der Waals surface area contributed by atoms with Crippen LogP contribution >= 0.6 is 0 Å². The maximum Gasteiger partial charge on any atom is 0.449 e. The molecule has 33 heavy (non-hydrogen) atoms. The zero-order valence-electron chi connectivity index (χ0n) is 22.0. The maximum atomic E-state index is 11.4. The predicted octanol–water partition coefficient (Wildman–Crippen LogP) is 8.63. The summed E-state index contributed by atoms with van der Waals surface area (Å²) in [6.45, 7) is 4.85. The number of ether oxygens (including phenoxy) is 1. The van der Waals surface area contributed by atoms with Gasteiger partial charge in [0.15, 0.2) is 0 Å². The van der Waals surface area contributed by atoms with Gasteiger partial charge >= 0.3 is 11.9 Å². The molecule has 0 rings (SSSR count). The van der Waals surface area contributed by atoms with Gasteiger partial charge in [0.2, 0.25) is 0 Å². The molecule has 0 saturated heterocycles. The lowest BCUT2D eigenvalue weighted by Crippen LogP contribution is -2.21. The van der Waals surface area contributed by atoms with Crippen molar-refractivity contribution in [2.75, 3.05) is 13.2 Å². The molecule has 0 heterocycles. The molecule has 0 unspecified atom stereocenters. The van der Waals surface area contributed by atoms with Crippen molar-refractivity contribution in [2.24, 2.45) is 0 Å². The molecule has 0 aliphatic rings. The topological polar surface area (TPSA) is 61.8 Å². The number of rotatable bonds is 25. The van der Waals surface area contributed by atoms with E-state index in [0.29, 0.717) is 6.61 Å². The summed E-state index contributed by atoms with van der Waals surface area (Å²) in [5.41, 5.74) is 0. The molecule has 0 amide bonds. The Morgan fingerprint density at radius 2 is 0.788 bits per heavy atom. The fourth-order valence-electron chi connectivity index (χ4n) is 3.91. The smallest absolute Gasteiger partial charge is 0.449 e. The van der Waals surface area contributed by atoms with Crippen LogP contribution in [0, 0.1) is 0 Å². The van der Waals surface area contributed by atoms with Crippen LogP contribution in [0.15, 0.2) is 0 Å². The van der Waals surface area contributed by atoms with E-state index in [1.54, 1.807) is 0 Å². The number of carbonyl (C=O) groups is 2. The maximum absolute atomic E-state index is 11.4. The van der Waals surface area contributed by atoms with Gasteiger partial charge in [0.25, 0.3) is 0 Å². The second-order valence-electron chi connectivity index (χ2n) is 9.40. The Morgan fingerprint density at radius 1 is 0.424 bits per heavy atom. The zero-order valence-corrected chi connectivity index (χ0v) is 22.0. The van der Waals surface area contributed by atoms with Crippen molar-refractivity contribution in [2.45, 2.75) is 155 Å². The minimum atomic E-state index is -1.07. The Hall–Kier alpha value is -1.10. The molecule has 0 fully saturated rings. The number of unbranched alkanes of at least 4 members (excludes halogenated alkanes) is 20. The third-order valence-corrected chi connectivity index (χ3v) is 6.11. The summed E-state index contributed by atoms with van der Waals surface area (Å²) in [4.78, 5) is 31.8. The van der Waals surface area contributed by atoms with Gasteiger partial charge in [0.05, 0.1) is 13.2 Å². The molecule has 0 aromatic carbocycles.